The van der Waals surface area contributed by atoms with Gasteiger partial charge < -0.3 is 14.9 Å². The molecule has 0 spiro atoms. The zero-order valence-electron chi connectivity index (χ0n) is 17.2. The van der Waals surface area contributed by atoms with E-state index >= 15 is 0 Å². The number of aliphatic hydroxyl groups excluding tert-OH is 2. The monoisotopic (exact) mass is 442 g/mol. The lowest BCUT2D eigenvalue weighted by atomic mass is 9.83. The molecule has 4 aromatic carbocycles. The van der Waals surface area contributed by atoms with Gasteiger partial charge in [0.1, 0.15) is 0 Å². The molecular formula is C27H19ClO4. The van der Waals surface area contributed by atoms with Crippen molar-refractivity contribution >= 4 is 28.3 Å². The number of cyclic esters (lactones) is 1. The predicted octanol–water partition coefficient (Wildman–Crippen LogP) is 6.60. The average Bonchev–Trinajstić information content (AvgIpc) is 3.04. The van der Waals surface area contributed by atoms with Gasteiger partial charge in [0, 0.05) is 21.7 Å². The number of halogens is 1. The molecule has 1 unspecified atom stereocenters. The Morgan fingerprint density at radius 2 is 1.44 bits per heavy atom. The lowest BCUT2D eigenvalue weighted by Gasteiger charge is -2.29. The van der Waals surface area contributed by atoms with Gasteiger partial charge in [-0.2, -0.15) is 0 Å². The molecule has 1 atom stereocenters. The summed E-state index contributed by atoms with van der Waals surface area (Å²) in [6.45, 7) is 1.94. The molecule has 0 fully saturated rings. The van der Waals surface area contributed by atoms with Crippen molar-refractivity contribution in [3.8, 4) is 11.1 Å². The first-order valence-electron chi connectivity index (χ1n) is 10.1. The van der Waals surface area contributed by atoms with E-state index in [1.807, 2.05) is 67.6 Å². The number of rotatable bonds is 3. The number of carbonyl (C=O) groups is 1. The molecule has 1 aliphatic rings. The minimum atomic E-state index is -1.62. The highest BCUT2D eigenvalue weighted by Crippen LogP contribution is 2.46. The van der Waals surface area contributed by atoms with Gasteiger partial charge in [-0.05, 0) is 29.3 Å². The maximum atomic E-state index is 12.2. The smallest absolute Gasteiger partial charge is 0.378 e. The largest absolute Gasteiger partial charge is 0.504 e. The number of esters is 1. The summed E-state index contributed by atoms with van der Waals surface area (Å²) >= 11 is 6.55. The summed E-state index contributed by atoms with van der Waals surface area (Å²) in [7, 11) is 0. The van der Waals surface area contributed by atoms with Gasteiger partial charge in [-0.3, -0.25) is 0 Å². The molecule has 0 amide bonds. The quantitative estimate of drug-likeness (QED) is 0.351. The minimum Gasteiger partial charge on any atom is -0.504 e. The van der Waals surface area contributed by atoms with Gasteiger partial charge in [-0.15, -0.1) is 0 Å². The van der Waals surface area contributed by atoms with Crippen molar-refractivity contribution in [3.05, 3.63) is 118 Å². The molecule has 0 radical (unpaired) electrons. The highest BCUT2D eigenvalue weighted by molar-refractivity contribution is 6.35. The van der Waals surface area contributed by atoms with Crippen LogP contribution in [-0.2, 0) is 15.1 Å². The molecule has 0 saturated heterocycles. The molecular weight excluding hydrogens is 424 g/mol. The average molecular weight is 443 g/mol. The fourth-order valence-electron chi connectivity index (χ4n) is 4.26. The topological polar surface area (TPSA) is 66.8 Å². The number of ether oxygens (including phenoxy) is 1. The third-order valence-corrected chi connectivity index (χ3v) is 6.23. The van der Waals surface area contributed by atoms with Crippen molar-refractivity contribution in [1.82, 2.24) is 0 Å². The standard InChI is InChI=1S/C27H19ClO4/c1-16-6-11-19(12-7-16)27(25(30)24(29)26(31)32-27)20-13-8-18(9-14-20)23-21-5-3-2-4-17(21)10-15-22(23)28/h2-15,29-30H,1H3. The summed E-state index contributed by atoms with van der Waals surface area (Å²) in [6, 6.07) is 26.4. The Morgan fingerprint density at radius 1 is 0.812 bits per heavy atom. The summed E-state index contributed by atoms with van der Waals surface area (Å²) < 4.78 is 5.59. The number of hydrogen-bond acceptors (Lipinski definition) is 4. The Kier molecular flexibility index (Phi) is 4.68. The Balaban J connectivity index is 1.68. The van der Waals surface area contributed by atoms with Crippen molar-refractivity contribution < 1.29 is 19.7 Å². The van der Waals surface area contributed by atoms with Crippen LogP contribution in [-0.4, -0.2) is 16.2 Å². The van der Waals surface area contributed by atoms with E-state index < -0.39 is 23.1 Å². The molecule has 0 bridgehead atoms. The molecule has 4 nitrogen and oxygen atoms in total. The first-order chi connectivity index (χ1) is 15.4. The maximum Gasteiger partial charge on any atom is 0.378 e. The number of hydrogen-bond donors (Lipinski definition) is 2. The fraction of sp³-hybridized carbons (Fsp3) is 0.0741. The summed E-state index contributed by atoms with van der Waals surface area (Å²) in [5.74, 6) is -2.28. The van der Waals surface area contributed by atoms with Crippen LogP contribution < -0.4 is 0 Å². The molecule has 2 N–H and O–H groups in total. The first-order valence-corrected chi connectivity index (χ1v) is 10.5. The van der Waals surface area contributed by atoms with Crippen LogP contribution in [0.15, 0.2) is 96.4 Å². The molecule has 0 saturated carbocycles. The van der Waals surface area contributed by atoms with Gasteiger partial charge in [0.05, 0.1) is 0 Å². The second-order valence-electron chi connectivity index (χ2n) is 7.85. The van der Waals surface area contributed by atoms with Crippen molar-refractivity contribution in [1.29, 1.82) is 0 Å². The highest BCUT2D eigenvalue weighted by Gasteiger charge is 2.51. The van der Waals surface area contributed by atoms with Crippen LogP contribution in [0.3, 0.4) is 0 Å². The maximum absolute atomic E-state index is 12.2. The van der Waals surface area contributed by atoms with Crippen LogP contribution in [0.1, 0.15) is 16.7 Å². The van der Waals surface area contributed by atoms with Crippen LogP contribution in [0.4, 0.5) is 0 Å². The van der Waals surface area contributed by atoms with Gasteiger partial charge >= 0.3 is 5.97 Å². The number of carbonyl (C=O) groups excluding carboxylic acids is 1. The van der Waals surface area contributed by atoms with Crippen LogP contribution >= 0.6 is 11.6 Å². The first kappa shape index (κ1) is 20.2. The van der Waals surface area contributed by atoms with E-state index in [0.717, 1.165) is 27.5 Å². The molecule has 158 valence electrons. The normalized spacial score (nSPS) is 18.2. The molecule has 1 aliphatic heterocycles. The van der Waals surface area contributed by atoms with Crippen molar-refractivity contribution in [2.75, 3.05) is 0 Å². The Hall–Kier alpha value is -3.76. The summed E-state index contributed by atoms with van der Waals surface area (Å²) in [5, 5.41) is 23.6. The van der Waals surface area contributed by atoms with Crippen LogP contribution in [0.5, 0.6) is 0 Å². The Morgan fingerprint density at radius 3 is 2.06 bits per heavy atom. The van der Waals surface area contributed by atoms with Gasteiger partial charge in [0.2, 0.25) is 11.4 Å². The molecule has 1 heterocycles. The van der Waals surface area contributed by atoms with Crippen LogP contribution in [0, 0.1) is 6.92 Å². The molecule has 0 aromatic heterocycles. The van der Waals surface area contributed by atoms with Crippen molar-refractivity contribution in [3.63, 3.8) is 0 Å². The number of aliphatic hydroxyl groups is 2. The third kappa shape index (κ3) is 2.95. The SMILES string of the molecule is Cc1ccc(C2(c3ccc(-c4c(Cl)ccc5ccccc45)cc3)OC(=O)C(O)=C2O)cc1. The second kappa shape index (κ2) is 7.43. The number of fused-ring (bicyclic) bond motifs is 1. The number of aryl methyl sites for hydroxylation is 1. The molecule has 0 aliphatic carbocycles. The van der Waals surface area contributed by atoms with Crippen molar-refractivity contribution in [2.24, 2.45) is 0 Å². The van der Waals surface area contributed by atoms with E-state index in [2.05, 4.69) is 0 Å². The molecule has 4 aromatic rings. The van der Waals surface area contributed by atoms with E-state index in [0.29, 0.717) is 16.1 Å². The third-order valence-electron chi connectivity index (χ3n) is 5.91. The lowest BCUT2D eigenvalue weighted by Crippen LogP contribution is -2.31. The van der Waals surface area contributed by atoms with Gasteiger partial charge in [-0.25, -0.2) is 4.79 Å². The van der Waals surface area contributed by atoms with E-state index in [-0.39, 0.29) is 0 Å². The Bertz CT molecular complexity index is 1390. The van der Waals surface area contributed by atoms with Crippen LogP contribution in [0.2, 0.25) is 5.02 Å². The van der Waals surface area contributed by atoms with E-state index in [1.165, 1.54) is 0 Å². The van der Waals surface area contributed by atoms with Crippen LogP contribution in [0.25, 0.3) is 21.9 Å². The van der Waals surface area contributed by atoms with E-state index in [4.69, 9.17) is 16.3 Å². The van der Waals surface area contributed by atoms with E-state index in [1.54, 1.807) is 24.3 Å². The zero-order valence-corrected chi connectivity index (χ0v) is 17.9. The van der Waals surface area contributed by atoms with Gasteiger partial charge in [-0.1, -0.05) is 96.0 Å². The molecule has 32 heavy (non-hydrogen) atoms. The summed E-state index contributed by atoms with van der Waals surface area (Å²) in [5.41, 5.74) is 2.22. The lowest BCUT2D eigenvalue weighted by molar-refractivity contribution is -0.147. The Labute approximate surface area is 190 Å². The number of benzene rings is 4. The summed E-state index contributed by atoms with van der Waals surface area (Å²) in [4.78, 5) is 12.2. The predicted molar refractivity (Wildman–Crippen MR) is 125 cm³/mol. The zero-order chi connectivity index (χ0) is 22.5. The summed E-state index contributed by atoms with van der Waals surface area (Å²) in [6.07, 6.45) is 0. The fourth-order valence-corrected chi connectivity index (χ4v) is 4.53. The molecule has 5 rings (SSSR count). The van der Waals surface area contributed by atoms with Gasteiger partial charge in [0.25, 0.3) is 0 Å². The minimum absolute atomic E-state index is 0.511. The van der Waals surface area contributed by atoms with Gasteiger partial charge in [0.15, 0.2) is 5.76 Å². The van der Waals surface area contributed by atoms with Crippen molar-refractivity contribution in [2.45, 2.75) is 12.5 Å². The molecule has 5 heteroatoms. The highest BCUT2D eigenvalue weighted by atomic mass is 35.5. The second-order valence-corrected chi connectivity index (χ2v) is 8.26. The van der Waals surface area contributed by atoms with E-state index in [9.17, 15) is 15.0 Å².